The number of halogens is 1. The second-order valence-corrected chi connectivity index (χ2v) is 1.62. The van der Waals surface area contributed by atoms with Gasteiger partial charge in [0, 0.05) is 6.21 Å². The smallest absolute Gasteiger partial charge is 0.205 e. The van der Waals surface area contributed by atoms with Crippen LogP contribution in [0.25, 0.3) is 0 Å². The lowest BCUT2D eigenvalue weighted by molar-refractivity contribution is -0.112. The molecular weight excluding hydrogens is 133 g/mol. The topological polar surface area (TPSA) is 29.4 Å². The van der Waals surface area contributed by atoms with Gasteiger partial charge >= 0.3 is 0 Å². The molecule has 0 bridgehead atoms. The van der Waals surface area contributed by atoms with Gasteiger partial charge in [0.15, 0.2) is 5.78 Å². The minimum Gasteiger partial charge on any atom is -0.295 e. The van der Waals surface area contributed by atoms with E-state index in [2.05, 4.69) is 11.6 Å². The van der Waals surface area contributed by atoms with Crippen LogP contribution in [0.1, 0.15) is 6.92 Å². The number of rotatable bonds is 3. The van der Waals surface area contributed by atoms with E-state index in [0.717, 1.165) is 0 Å². The molecule has 3 heteroatoms. The Balaban J connectivity index is 3.73. The molecule has 0 spiro atoms. The molecule has 0 rings (SSSR count). The maximum Gasteiger partial charge on any atom is 0.205 e. The molecule has 0 N–H and O–H groups in total. The molecule has 0 atom stereocenters. The number of carbonyl (C=O) groups excluding carboxylic acids is 1. The third-order valence-corrected chi connectivity index (χ3v) is 0.632. The first-order valence-electron chi connectivity index (χ1n) is 2.68. The fourth-order valence-corrected chi connectivity index (χ4v) is 0.302. The molecule has 2 nitrogen and oxygen atoms in total. The van der Waals surface area contributed by atoms with Crippen LogP contribution >= 0.6 is 0 Å². The van der Waals surface area contributed by atoms with Crippen molar-refractivity contribution in [2.45, 2.75) is 6.92 Å². The Morgan fingerprint density at radius 3 is 2.70 bits per heavy atom. The summed E-state index contributed by atoms with van der Waals surface area (Å²) in [5.41, 5.74) is 0. The number of hydrogen-bond donors (Lipinski definition) is 0. The zero-order valence-corrected chi connectivity index (χ0v) is 5.67. The molecule has 10 heavy (non-hydrogen) atoms. The van der Waals surface area contributed by atoms with Gasteiger partial charge in [-0.25, -0.2) is 4.99 Å². The fourth-order valence-electron chi connectivity index (χ4n) is 0.302. The van der Waals surface area contributed by atoms with E-state index in [9.17, 15) is 9.18 Å². The van der Waals surface area contributed by atoms with Crippen LogP contribution in [0.3, 0.4) is 0 Å². The molecule has 0 heterocycles. The van der Waals surface area contributed by atoms with E-state index in [-0.39, 0.29) is 5.78 Å². The quantitative estimate of drug-likeness (QED) is 0.334. The largest absolute Gasteiger partial charge is 0.295 e. The van der Waals surface area contributed by atoms with Crippen molar-refractivity contribution in [3.8, 4) is 0 Å². The molecule has 0 aliphatic carbocycles. The Morgan fingerprint density at radius 2 is 2.30 bits per heavy atom. The molecule has 0 fully saturated rings. The Hall–Kier alpha value is -1.25. The van der Waals surface area contributed by atoms with Gasteiger partial charge in [0.25, 0.3) is 0 Å². The molecule has 54 valence electrons. The molecule has 0 saturated heterocycles. The molecule has 0 amide bonds. The predicted octanol–water partition coefficient (Wildman–Crippen LogP) is 1.64. The van der Waals surface area contributed by atoms with Crippen molar-refractivity contribution in [3.05, 3.63) is 24.7 Å². The van der Waals surface area contributed by atoms with Gasteiger partial charge in [-0.05, 0) is 25.7 Å². The van der Waals surface area contributed by atoms with Crippen molar-refractivity contribution in [2.75, 3.05) is 0 Å². The summed E-state index contributed by atoms with van der Waals surface area (Å²) in [5, 5.41) is 0. The Labute approximate surface area is 58.8 Å². The predicted molar refractivity (Wildman–Crippen MR) is 38.6 cm³/mol. The van der Waals surface area contributed by atoms with Gasteiger partial charge in [0.2, 0.25) is 5.95 Å². The van der Waals surface area contributed by atoms with Gasteiger partial charge in [0.1, 0.15) is 0 Å². The summed E-state index contributed by atoms with van der Waals surface area (Å²) in [6.45, 7) is 4.29. The summed E-state index contributed by atoms with van der Waals surface area (Å²) in [4.78, 5) is 13.4. The molecule has 0 unspecified atom stereocenters. The SMILES string of the molecule is C=C(F)/N=C\C=C\C(C)=O. The highest BCUT2D eigenvalue weighted by Gasteiger charge is 1.78. The fraction of sp³-hybridized carbons (Fsp3) is 0.143. The molecule has 0 saturated carbocycles. The molecule has 0 aliphatic rings. The third kappa shape index (κ3) is 6.75. The molecule has 0 aromatic heterocycles. The van der Waals surface area contributed by atoms with E-state index in [1.165, 1.54) is 25.3 Å². The van der Waals surface area contributed by atoms with Crippen molar-refractivity contribution >= 4 is 12.0 Å². The van der Waals surface area contributed by atoms with Crippen LogP contribution in [0, 0.1) is 0 Å². The number of aliphatic imine (C=N–C) groups is 1. The van der Waals surface area contributed by atoms with Gasteiger partial charge in [0.05, 0.1) is 0 Å². The minimum atomic E-state index is -0.770. The highest BCUT2D eigenvalue weighted by molar-refractivity contribution is 5.91. The van der Waals surface area contributed by atoms with E-state index in [1.54, 1.807) is 0 Å². The Morgan fingerprint density at radius 1 is 1.70 bits per heavy atom. The second kappa shape index (κ2) is 4.61. The molecule has 0 aliphatic heterocycles. The Bertz CT molecular complexity index is 172. The standard InChI is InChI=1S/C7H8FNO/c1-6(10)4-3-5-9-7(2)8/h3-5H,2H2,1H3/b4-3+,9-5-. The van der Waals surface area contributed by atoms with Crippen LogP contribution in [0.5, 0.6) is 0 Å². The van der Waals surface area contributed by atoms with E-state index in [0.29, 0.717) is 0 Å². The summed E-state index contributed by atoms with van der Waals surface area (Å²) in [5.74, 6) is -0.871. The van der Waals surface area contributed by atoms with Gasteiger partial charge < -0.3 is 0 Å². The van der Waals surface area contributed by atoms with Crippen LogP contribution in [-0.4, -0.2) is 12.0 Å². The normalized spacial score (nSPS) is 11.0. The lowest BCUT2D eigenvalue weighted by Gasteiger charge is -1.76. The monoisotopic (exact) mass is 141 g/mol. The highest BCUT2D eigenvalue weighted by atomic mass is 19.1. The first kappa shape index (κ1) is 8.75. The van der Waals surface area contributed by atoms with E-state index >= 15 is 0 Å². The van der Waals surface area contributed by atoms with Crippen molar-refractivity contribution in [1.29, 1.82) is 0 Å². The summed E-state index contributed by atoms with van der Waals surface area (Å²) in [6, 6.07) is 0. The van der Waals surface area contributed by atoms with Gasteiger partial charge in [-0.15, -0.1) is 0 Å². The van der Waals surface area contributed by atoms with E-state index in [4.69, 9.17) is 0 Å². The lowest BCUT2D eigenvalue weighted by atomic mass is 10.4. The molecule has 0 radical (unpaired) electrons. The summed E-state index contributed by atoms with van der Waals surface area (Å²) in [7, 11) is 0. The summed E-state index contributed by atoms with van der Waals surface area (Å²) in [6.07, 6.45) is 3.81. The molecule has 0 aromatic rings. The van der Waals surface area contributed by atoms with Gasteiger partial charge in [-0.3, -0.25) is 4.79 Å². The molecule has 0 aromatic carbocycles. The Kier molecular flexibility index (Phi) is 4.04. The number of allylic oxidation sites excluding steroid dienone is 2. The number of nitrogens with zero attached hydrogens (tertiary/aromatic N) is 1. The average Bonchev–Trinajstić information content (AvgIpc) is 1.79. The number of carbonyl (C=O) groups is 1. The van der Waals surface area contributed by atoms with Crippen LogP contribution in [0.15, 0.2) is 29.7 Å². The first-order chi connectivity index (χ1) is 4.63. The summed E-state index contributed by atoms with van der Waals surface area (Å²) >= 11 is 0. The van der Waals surface area contributed by atoms with Crippen LogP contribution in [0.4, 0.5) is 4.39 Å². The van der Waals surface area contributed by atoms with Crippen LogP contribution < -0.4 is 0 Å². The average molecular weight is 141 g/mol. The van der Waals surface area contributed by atoms with Crippen molar-refractivity contribution in [3.63, 3.8) is 0 Å². The van der Waals surface area contributed by atoms with Gasteiger partial charge in [-0.2, -0.15) is 4.39 Å². The zero-order chi connectivity index (χ0) is 7.98. The van der Waals surface area contributed by atoms with E-state index in [1.807, 2.05) is 0 Å². The second-order valence-electron chi connectivity index (χ2n) is 1.62. The van der Waals surface area contributed by atoms with E-state index < -0.39 is 5.95 Å². The molecular formula is C7H8FNO. The van der Waals surface area contributed by atoms with Crippen molar-refractivity contribution < 1.29 is 9.18 Å². The first-order valence-corrected chi connectivity index (χ1v) is 2.68. The lowest BCUT2D eigenvalue weighted by Crippen LogP contribution is -1.79. The van der Waals surface area contributed by atoms with Gasteiger partial charge in [-0.1, -0.05) is 0 Å². The maximum atomic E-state index is 11.7. The van der Waals surface area contributed by atoms with Crippen molar-refractivity contribution in [2.24, 2.45) is 4.99 Å². The summed E-state index contributed by atoms with van der Waals surface area (Å²) < 4.78 is 11.7. The van der Waals surface area contributed by atoms with Crippen LogP contribution in [-0.2, 0) is 4.79 Å². The van der Waals surface area contributed by atoms with Crippen molar-refractivity contribution in [1.82, 2.24) is 0 Å². The highest BCUT2D eigenvalue weighted by Crippen LogP contribution is 1.89. The maximum absolute atomic E-state index is 11.7. The minimum absolute atomic E-state index is 0.101. The number of ketones is 1. The van der Waals surface area contributed by atoms with Crippen LogP contribution in [0.2, 0.25) is 0 Å². The third-order valence-electron chi connectivity index (χ3n) is 0.632. The zero-order valence-electron chi connectivity index (χ0n) is 5.67. The number of hydrogen-bond acceptors (Lipinski definition) is 2.